The van der Waals surface area contributed by atoms with Gasteiger partial charge in [-0.05, 0) is 44.0 Å². The summed E-state index contributed by atoms with van der Waals surface area (Å²) in [6.07, 6.45) is 1.80. The topological polar surface area (TPSA) is 68.3 Å². The third kappa shape index (κ3) is 5.62. The molecule has 0 saturated heterocycles. The van der Waals surface area contributed by atoms with Gasteiger partial charge in [-0.15, -0.1) is 11.3 Å². The number of carbonyl (C=O) groups excluding carboxylic acids is 2. The van der Waals surface area contributed by atoms with Gasteiger partial charge in [0.05, 0.1) is 10.7 Å². The lowest BCUT2D eigenvalue weighted by molar-refractivity contribution is -0.149. The molecule has 0 aliphatic rings. The van der Waals surface area contributed by atoms with Crippen molar-refractivity contribution >= 4 is 35.0 Å². The van der Waals surface area contributed by atoms with Gasteiger partial charge >= 0.3 is 5.97 Å². The zero-order valence-electron chi connectivity index (χ0n) is 16.5. The fraction of sp³-hybridized carbons (Fsp3) is 0.174. The van der Waals surface area contributed by atoms with Crippen LogP contribution in [0.4, 0.5) is 5.69 Å². The van der Waals surface area contributed by atoms with Crippen molar-refractivity contribution in [2.24, 2.45) is 0 Å². The van der Waals surface area contributed by atoms with Crippen molar-refractivity contribution in [3.8, 4) is 0 Å². The quantitative estimate of drug-likeness (QED) is 0.462. The molecule has 0 radical (unpaired) electrons. The molecule has 0 aliphatic carbocycles. The molecule has 0 spiro atoms. The zero-order valence-corrected chi connectivity index (χ0v) is 17.3. The Morgan fingerprint density at radius 1 is 1.10 bits per heavy atom. The van der Waals surface area contributed by atoms with Gasteiger partial charge in [-0.3, -0.25) is 4.79 Å². The number of esters is 1. The van der Waals surface area contributed by atoms with E-state index in [-0.39, 0.29) is 0 Å². The molecule has 0 bridgehead atoms. The first-order valence-corrected chi connectivity index (χ1v) is 10.0. The van der Waals surface area contributed by atoms with Crippen LogP contribution in [0.25, 0.3) is 6.08 Å². The summed E-state index contributed by atoms with van der Waals surface area (Å²) in [7, 11) is 0. The maximum absolute atomic E-state index is 13.0. The number of carbonyl (C=O) groups is 2. The molecule has 5 nitrogen and oxygen atoms in total. The average Bonchev–Trinajstić information content (AvgIpc) is 3.13. The zero-order chi connectivity index (χ0) is 20.8. The fourth-order valence-electron chi connectivity index (χ4n) is 2.74. The number of hydrogen-bond acceptors (Lipinski definition) is 5. The molecule has 1 heterocycles. The molecule has 1 N–H and O–H groups in total. The van der Waals surface area contributed by atoms with E-state index in [0.717, 1.165) is 16.1 Å². The van der Waals surface area contributed by atoms with Gasteiger partial charge in [0.2, 0.25) is 6.10 Å². The van der Waals surface area contributed by atoms with Crippen LogP contribution >= 0.6 is 11.3 Å². The van der Waals surface area contributed by atoms with Crippen molar-refractivity contribution in [3.05, 3.63) is 87.4 Å². The Balaban J connectivity index is 1.79. The summed E-state index contributed by atoms with van der Waals surface area (Å²) < 4.78 is 5.51. The molecule has 0 saturated carbocycles. The van der Waals surface area contributed by atoms with Crippen molar-refractivity contribution in [1.29, 1.82) is 0 Å². The van der Waals surface area contributed by atoms with Gasteiger partial charge in [-0.2, -0.15) is 0 Å². The smallest absolute Gasteiger partial charge is 0.331 e. The first-order valence-electron chi connectivity index (χ1n) is 9.16. The highest BCUT2D eigenvalue weighted by atomic mass is 32.1. The Labute approximate surface area is 174 Å². The van der Waals surface area contributed by atoms with Gasteiger partial charge in [0.25, 0.3) is 5.91 Å². The normalized spacial score (nSPS) is 12.0. The summed E-state index contributed by atoms with van der Waals surface area (Å²) in [5.74, 6) is -1.02. The van der Waals surface area contributed by atoms with E-state index < -0.39 is 18.0 Å². The maximum atomic E-state index is 13.0. The van der Waals surface area contributed by atoms with Crippen molar-refractivity contribution in [2.45, 2.75) is 26.9 Å². The number of nitrogens with one attached hydrogen (secondary N) is 1. The second-order valence-electron chi connectivity index (χ2n) is 6.66. The minimum absolute atomic E-state index is 0.406. The Morgan fingerprint density at radius 3 is 2.55 bits per heavy atom. The van der Waals surface area contributed by atoms with E-state index in [1.807, 2.05) is 50.4 Å². The van der Waals surface area contributed by atoms with Crippen LogP contribution < -0.4 is 5.32 Å². The monoisotopic (exact) mass is 406 g/mol. The van der Waals surface area contributed by atoms with Gasteiger partial charge in [0.15, 0.2) is 0 Å². The number of benzene rings is 2. The van der Waals surface area contributed by atoms with E-state index in [9.17, 15) is 9.59 Å². The summed E-state index contributed by atoms with van der Waals surface area (Å²) in [5, 5.41) is 5.64. The molecule has 0 fully saturated rings. The second-order valence-corrected chi connectivity index (χ2v) is 7.72. The van der Waals surface area contributed by atoms with Crippen LogP contribution in [-0.4, -0.2) is 16.9 Å². The summed E-state index contributed by atoms with van der Waals surface area (Å²) in [5.41, 5.74) is 3.93. The molecule has 1 amide bonds. The number of aromatic nitrogens is 1. The molecular weight excluding hydrogens is 384 g/mol. The lowest BCUT2D eigenvalue weighted by atomic mass is 10.1. The lowest BCUT2D eigenvalue weighted by Crippen LogP contribution is -2.25. The van der Waals surface area contributed by atoms with E-state index in [4.69, 9.17) is 4.74 Å². The molecular formula is C23H22N2O3S. The van der Waals surface area contributed by atoms with Crippen LogP contribution in [0.5, 0.6) is 0 Å². The SMILES string of the molecule is Cc1ccc(C)c(NC(=O)C(OC(=O)/C=C/c2csc(C)n2)c2ccccc2)c1. The van der Waals surface area contributed by atoms with Gasteiger partial charge in [-0.25, -0.2) is 9.78 Å². The number of rotatable bonds is 6. The highest BCUT2D eigenvalue weighted by Gasteiger charge is 2.24. The van der Waals surface area contributed by atoms with Crippen molar-refractivity contribution < 1.29 is 14.3 Å². The summed E-state index contributed by atoms with van der Waals surface area (Å²) in [6.45, 7) is 5.76. The number of thiazole rings is 1. The number of ether oxygens (including phenoxy) is 1. The number of aryl methyl sites for hydroxylation is 3. The molecule has 6 heteroatoms. The van der Waals surface area contributed by atoms with Crippen LogP contribution in [0.1, 0.15) is 33.5 Å². The molecule has 3 aromatic rings. The first-order chi connectivity index (χ1) is 13.9. The predicted molar refractivity (Wildman–Crippen MR) is 116 cm³/mol. The highest BCUT2D eigenvalue weighted by Crippen LogP contribution is 2.23. The van der Waals surface area contributed by atoms with Crippen molar-refractivity contribution in [3.63, 3.8) is 0 Å². The minimum Gasteiger partial charge on any atom is -0.444 e. The van der Waals surface area contributed by atoms with Gasteiger partial charge in [-0.1, -0.05) is 42.5 Å². The standard InChI is InChI=1S/C23H22N2O3S/c1-15-9-10-16(2)20(13-15)25-23(27)22(18-7-5-4-6-8-18)28-21(26)12-11-19-14-29-17(3)24-19/h4-14,22H,1-3H3,(H,25,27)/b12-11+. The van der Waals surface area contributed by atoms with Gasteiger partial charge in [0.1, 0.15) is 0 Å². The Hall–Kier alpha value is -3.25. The molecule has 148 valence electrons. The van der Waals surface area contributed by atoms with Crippen LogP contribution in [-0.2, 0) is 14.3 Å². The van der Waals surface area contributed by atoms with Crippen LogP contribution in [0.3, 0.4) is 0 Å². The van der Waals surface area contributed by atoms with Crippen molar-refractivity contribution in [2.75, 3.05) is 5.32 Å². The largest absolute Gasteiger partial charge is 0.444 e. The van der Waals surface area contributed by atoms with E-state index in [1.54, 1.807) is 30.3 Å². The summed E-state index contributed by atoms with van der Waals surface area (Å²) >= 11 is 1.50. The van der Waals surface area contributed by atoms with Crippen LogP contribution in [0.15, 0.2) is 60.0 Å². The third-order valence-electron chi connectivity index (χ3n) is 4.25. The van der Waals surface area contributed by atoms with Gasteiger partial charge < -0.3 is 10.1 Å². The minimum atomic E-state index is -1.06. The Kier molecular flexibility index (Phi) is 6.57. The first kappa shape index (κ1) is 20.5. The summed E-state index contributed by atoms with van der Waals surface area (Å²) in [4.78, 5) is 29.6. The molecule has 0 aliphatic heterocycles. The lowest BCUT2D eigenvalue weighted by Gasteiger charge is -2.18. The maximum Gasteiger partial charge on any atom is 0.331 e. The molecule has 1 aromatic heterocycles. The highest BCUT2D eigenvalue weighted by molar-refractivity contribution is 7.09. The number of nitrogens with zero attached hydrogens (tertiary/aromatic N) is 1. The van der Waals surface area contributed by atoms with Crippen LogP contribution in [0, 0.1) is 20.8 Å². The van der Waals surface area contributed by atoms with E-state index in [2.05, 4.69) is 10.3 Å². The molecule has 2 aromatic carbocycles. The molecule has 1 atom stereocenters. The predicted octanol–water partition coefficient (Wildman–Crippen LogP) is 5.00. The summed E-state index contributed by atoms with van der Waals surface area (Å²) in [6, 6.07) is 14.8. The molecule has 29 heavy (non-hydrogen) atoms. The van der Waals surface area contributed by atoms with E-state index >= 15 is 0 Å². The second kappa shape index (κ2) is 9.30. The Morgan fingerprint density at radius 2 is 1.86 bits per heavy atom. The fourth-order valence-corrected chi connectivity index (χ4v) is 3.32. The van der Waals surface area contributed by atoms with Gasteiger partial charge in [0, 0.05) is 22.7 Å². The van der Waals surface area contributed by atoms with Crippen molar-refractivity contribution in [1.82, 2.24) is 4.98 Å². The number of amides is 1. The van der Waals surface area contributed by atoms with Crippen LogP contribution in [0.2, 0.25) is 0 Å². The van der Waals surface area contributed by atoms with E-state index in [0.29, 0.717) is 16.9 Å². The average molecular weight is 407 g/mol. The Bertz CT molecular complexity index is 1040. The molecule has 1 unspecified atom stereocenters. The number of hydrogen-bond donors (Lipinski definition) is 1. The van der Waals surface area contributed by atoms with E-state index in [1.165, 1.54) is 17.4 Å². The number of anilines is 1. The molecule has 3 rings (SSSR count). The third-order valence-corrected chi connectivity index (χ3v) is 5.04.